The maximum absolute atomic E-state index is 13.1. The Hall–Kier alpha value is -3.87. The van der Waals surface area contributed by atoms with Crippen LogP contribution in [0.4, 0.5) is 5.82 Å². The summed E-state index contributed by atoms with van der Waals surface area (Å²) in [6.07, 6.45) is 5.48. The largest absolute Gasteiger partial charge is 0.494 e. The van der Waals surface area contributed by atoms with Crippen molar-refractivity contribution in [1.29, 1.82) is 0 Å². The first-order valence-corrected chi connectivity index (χ1v) is 12.7. The Kier molecular flexibility index (Phi) is 6.89. The van der Waals surface area contributed by atoms with E-state index in [2.05, 4.69) is 48.3 Å². The molecule has 2 aromatic carbocycles. The van der Waals surface area contributed by atoms with Crippen molar-refractivity contribution in [3.63, 3.8) is 0 Å². The van der Waals surface area contributed by atoms with Crippen molar-refractivity contribution in [2.75, 3.05) is 24.6 Å². The first kappa shape index (κ1) is 23.9. The molecule has 0 saturated carbocycles. The summed E-state index contributed by atoms with van der Waals surface area (Å²) in [5.41, 5.74) is 6.53. The number of piperidine rings is 1. The van der Waals surface area contributed by atoms with Gasteiger partial charge in [0.1, 0.15) is 11.3 Å². The SMILES string of the molecule is CCOc1cccc(CNC(=O)[C@H]2CCCN(c3nccn4nc(-c5ccc(C)c(C)c5)cc34)C2)c1. The van der Waals surface area contributed by atoms with Gasteiger partial charge in [0.15, 0.2) is 5.82 Å². The minimum absolute atomic E-state index is 0.0813. The minimum atomic E-state index is -0.0852. The molecule has 7 nitrogen and oxygen atoms in total. The molecule has 3 heterocycles. The maximum atomic E-state index is 13.1. The van der Waals surface area contributed by atoms with E-state index in [1.54, 1.807) is 6.20 Å². The molecular weight excluding hydrogens is 450 g/mol. The lowest BCUT2D eigenvalue weighted by molar-refractivity contribution is -0.125. The molecule has 0 aliphatic carbocycles. The van der Waals surface area contributed by atoms with Gasteiger partial charge >= 0.3 is 0 Å². The van der Waals surface area contributed by atoms with Crippen LogP contribution < -0.4 is 15.0 Å². The number of carbonyl (C=O) groups excluding carboxylic acids is 1. The van der Waals surface area contributed by atoms with Crippen molar-refractivity contribution in [1.82, 2.24) is 19.9 Å². The number of ether oxygens (including phenoxy) is 1. The van der Waals surface area contributed by atoms with Gasteiger partial charge < -0.3 is 15.0 Å². The number of hydrogen-bond donors (Lipinski definition) is 1. The summed E-state index contributed by atoms with van der Waals surface area (Å²) in [4.78, 5) is 20.0. The number of aryl methyl sites for hydroxylation is 2. The molecular formula is C29H33N5O2. The molecule has 7 heteroatoms. The number of fused-ring (bicyclic) bond motifs is 1. The van der Waals surface area contributed by atoms with Crippen LogP contribution >= 0.6 is 0 Å². The highest BCUT2D eigenvalue weighted by Crippen LogP contribution is 2.29. The van der Waals surface area contributed by atoms with E-state index in [0.29, 0.717) is 19.7 Å². The van der Waals surface area contributed by atoms with Gasteiger partial charge in [-0.25, -0.2) is 9.50 Å². The van der Waals surface area contributed by atoms with Gasteiger partial charge in [0.25, 0.3) is 0 Å². The quantitative estimate of drug-likeness (QED) is 0.403. The number of carbonyl (C=O) groups is 1. The summed E-state index contributed by atoms with van der Waals surface area (Å²) in [6.45, 7) is 8.83. The number of anilines is 1. The number of rotatable bonds is 7. The molecule has 0 radical (unpaired) electrons. The van der Waals surface area contributed by atoms with Crippen LogP contribution in [0.25, 0.3) is 16.8 Å². The van der Waals surface area contributed by atoms with E-state index < -0.39 is 0 Å². The van der Waals surface area contributed by atoms with Gasteiger partial charge in [-0.05, 0) is 74.6 Å². The number of amides is 1. The van der Waals surface area contributed by atoms with Crippen molar-refractivity contribution in [2.24, 2.45) is 5.92 Å². The molecule has 1 aliphatic heterocycles. The fraction of sp³-hybridized carbons (Fsp3) is 0.345. The molecule has 1 aliphatic rings. The van der Waals surface area contributed by atoms with Crippen LogP contribution in [0.15, 0.2) is 60.9 Å². The second kappa shape index (κ2) is 10.4. The zero-order valence-electron chi connectivity index (χ0n) is 21.2. The van der Waals surface area contributed by atoms with E-state index in [1.165, 1.54) is 11.1 Å². The van der Waals surface area contributed by atoms with Crippen molar-refractivity contribution >= 4 is 17.2 Å². The topological polar surface area (TPSA) is 71.8 Å². The number of benzene rings is 2. The van der Waals surface area contributed by atoms with Crippen LogP contribution in [-0.4, -0.2) is 40.2 Å². The molecule has 1 amide bonds. The molecule has 5 rings (SSSR count). The number of aromatic nitrogens is 3. The molecule has 1 fully saturated rings. The minimum Gasteiger partial charge on any atom is -0.494 e. The first-order chi connectivity index (χ1) is 17.5. The van der Waals surface area contributed by atoms with Gasteiger partial charge in [0, 0.05) is 37.6 Å². The lowest BCUT2D eigenvalue weighted by atomic mass is 9.97. The van der Waals surface area contributed by atoms with Crippen LogP contribution in [0.1, 0.15) is 36.5 Å². The Morgan fingerprint density at radius 1 is 1.14 bits per heavy atom. The number of nitrogens with zero attached hydrogens (tertiary/aromatic N) is 4. The predicted molar refractivity (Wildman–Crippen MR) is 142 cm³/mol. The van der Waals surface area contributed by atoms with Gasteiger partial charge in [-0.2, -0.15) is 5.10 Å². The van der Waals surface area contributed by atoms with Gasteiger partial charge in [-0.1, -0.05) is 24.3 Å². The molecule has 0 spiro atoms. The number of nitrogens with one attached hydrogen (secondary N) is 1. The predicted octanol–water partition coefficient (Wildman–Crippen LogP) is 4.94. The smallest absolute Gasteiger partial charge is 0.225 e. The monoisotopic (exact) mass is 483 g/mol. The van der Waals surface area contributed by atoms with Crippen molar-refractivity contribution in [3.05, 3.63) is 77.6 Å². The summed E-state index contributed by atoms with van der Waals surface area (Å²) < 4.78 is 7.47. The Morgan fingerprint density at radius 2 is 2.03 bits per heavy atom. The summed E-state index contributed by atoms with van der Waals surface area (Å²) in [7, 11) is 0. The average molecular weight is 484 g/mol. The summed E-state index contributed by atoms with van der Waals surface area (Å²) in [5.74, 6) is 1.70. The van der Waals surface area contributed by atoms with E-state index in [4.69, 9.17) is 14.8 Å². The third kappa shape index (κ3) is 5.05. The van der Waals surface area contributed by atoms with Crippen LogP contribution in [-0.2, 0) is 11.3 Å². The van der Waals surface area contributed by atoms with Gasteiger partial charge in [-0.15, -0.1) is 0 Å². The zero-order chi connectivity index (χ0) is 25.1. The molecule has 4 aromatic rings. The highest BCUT2D eigenvalue weighted by Gasteiger charge is 2.27. The van der Waals surface area contributed by atoms with E-state index in [-0.39, 0.29) is 11.8 Å². The van der Waals surface area contributed by atoms with Crippen LogP contribution in [0.2, 0.25) is 0 Å². The molecule has 186 valence electrons. The van der Waals surface area contributed by atoms with E-state index in [0.717, 1.165) is 53.3 Å². The lowest BCUT2D eigenvalue weighted by Crippen LogP contribution is -2.43. The Labute approximate surface area is 212 Å². The Morgan fingerprint density at radius 3 is 2.86 bits per heavy atom. The van der Waals surface area contributed by atoms with Crippen LogP contribution in [0, 0.1) is 19.8 Å². The van der Waals surface area contributed by atoms with Crippen molar-refractivity contribution in [3.8, 4) is 17.0 Å². The van der Waals surface area contributed by atoms with Crippen LogP contribution in [0.3, 0.4) is 0 Å². The molecule has 1 atom stereocenters. The fourth-order valence-corrected chi connectivity index (χ4v) is 4.82. The Balaban J connectivity index is 1.30. The molecule has 36 heavy (non-hydrogen) atoms. The fourth-order valence-electron chi connectivity index (χ4n) is 4.82. The zero-order valence-corrected chi connectivity index (χ0v) is 21.2. The molecule has 0 bridgehead atoms. The normalized spacial score (nSPS) is 15.8. The summed E-state index contributed by atoms with van der Waals surface area (Å²) >= 11 is 0. The third-order valence-electron chi connectivity index (χ3n) is 6.94. The first-order valence-electron chi connectivity index (χ1n) is 12.7. The van der Waals surface area contributed by atoms with Gasteiger partial charge in [0.2, 0.25) is 5.91 Å². The second-order valence-electron chi connectivity index (χ2n) is 9.49. The number of hydrogen-bond acceptors (Lipinski definition) is 5. The van der Waals surface area contributed by atoms with Crippen LogP contribution in [0.5, 0.6) is 5.75 Å². The molecule has 0 unspecified atom stereocenters. The van der Waals surface area contributed by atoms with Crippen molar-refractivity contribution in [2.45, 2.75) is 40.2 Å². The molecule has 1 saturated heterocycles. The highest BCUT2D eigenvalue weighted by atomic mass is 16.5. The third-order valence-corrected chi connectivity index (χ3v) is 6.94. The highest BCUT2D eigenvalue weighted by molar-refractivity contribution is 5.81. The summed E-state index contributed by atoms with van der Waals surface area (Å²) in [5, 5.41) is 7.93. The second-order valence-corrected chi connectivity index (χ2v) is 9.49. The van der Waals surface area contributed by atoms with Crippen molar-refractivity contribution < 1.29 is 9.53 Å². The molecule has 1 N–H and O–H groups in total. The summed E-state index contributed by atoms with van der Waals surface area (Å²) in [6, 6.07) is 16.4. The van der Waals surface area contributed by atoms with E-state index in [1.807, 2.05) is 41.9 Å². The standard InChI is InChI=1S/C29H33N5O2/c1-4-36-25-9-5-7-22(16-25)18-31-29(35)24-8-6-13-33(19-24)28-27-17-26(32-34(27)14-12-30-28)23-11-10-20(2)21(3)15-23/h5,7,9-12,14-17,24H,4,6,8,13,18-19H2,1-3H3,(H,31,35)/t24-/m0/s1. The molecule has 2 aromatic heterocycles. The lowest BCUT2D eigenvalue weighted by Gasteiger charge is -2.33. The van der Waals surface area contributed by atoms with E-state index >= 15 is 0 Å². The van der Waals surface area contributed by atoms with E-state index in [9.17, 15) is 4.79 Å². The Bertz CT molecular complexity index is 1380. The maximum Gasteiger partial charge on any atom is 0.225 e. The van der Waals surface area contributed by atoms with Gasteiger partial charge in [0.05, 0.1) is 18.2 Å². The van der Waals surface area contributed by atoms with Gasteiger partial charge in [-0.3, -0.25) is 4.79 Å². The average Bonchev–Trinajstić information content (AvgIpc) is 3.34.